The van der Waals surface area contributed by atoms with Gasteiger partial charge in [0.05, 0.1) is 0 Å². The van der Waals surface area contributed by atoms with Crippen molar-refractivity contribution in [3.05, 3.63) is 65.8 Å². The second kappa shape index (κ2) is 8.70. The van der Waals surface area contributed by atoms with Crippen molar-refractivity contribution in [3.8, 4) is 0 Å². The molecule has 1 saturated heterocycles. The van der Waals surface area contributed by atoms with Gasteiger partial charge in [-0.1, -0.05) is 56.3 Å². The van der Waals surface area contributed by atoms with Gasteiger partial charge in [-0.25, -0.2) is 0 Å². The van der Waals surface area contributed by atoms with E-state index in [1.807, 2.05) is 17.9 Å². The van der Waals surface area contributed by atoms with Crippen LogP contribution in [0.4, 0.5) is 0 Å². The molecule has 1 aliphatic heterocycles. The van der Waals surface area contributed by atoms with Crippen molar-refractivity contribution in [1.82, 2.24) is 9.80 Å². The molecule has 1 aromatic rings. The maximum Gasteiger partial charge on any atom is 0.246 e. The summed E-state index contributed by atoms with van der Waals surface area (Å²) in [5.41, 5.74) is 4.74. The Labute approximate surface area is 152 Å². The first kappa shape index (κ1) is 19.0. The first-order valence-electron chi connectivity index (χ1n) is 9.03. The van der Waals surface area contributed by atoms with Crippen molar-refractivity contribution in [3.63, 3.8) is 0 Å². The van der Waals surface area contributed by atoms with Crippen LogP contribution >= 0.6 is 0 Å². The van der Waals surface area contributed by atoms with Crippen LogP contribution in [0.5, 0.6) is 0 Å². The van der Waals surface area contributed by atoms with Crippen LogP contribution in [0.25, 0.3) is 5.70 Å². The number of amides is 1. The van der Waals surface area contributed by atoms with E-state index in [0.717, 1.165) is 31.8 Å². The zero-order chi connectivity index (χ0) is 18.4. The molecule has 1 aromatic carbocycles. The molecular weight excluding hydrogens is 308 g/mol. The lowest BCUT2D eigenvalue weighted by Crippen LogP contribution is -2.47. The smallest absolute Gasteiger partial charge is 0.246 e. The van der Waals surface area contributed by atoms with Crippen molar-refractivity contribution in [2.75, 3.05) is 26.2 Å². The average Bonchev–Trinajstić information content (AvgIpc) is 2.58. The lowest BCUT2D eigenvalue weighted by Gasteiger charge is -2.37. The highest BCUT2D eigenvalue weighted by molar-refractivity contribution is 5.87. The maximum atomic E-state index is 12.3. The molecule has 3 nitrogen and oxygen atoms in total. The summed E-state index contributed by atoms with van der Waals surface area (Å²) in [5, 5.41) is 0. The lowest BCUT2D eigenvalue weighted by atomic mass is 10.0. The minimum absolute atomic E-state index is 0.120. The van der Waals surface area contributed by atoms with Gasteiger partial charge in [0.15, 0.2) is 0 Å². The molecule has 3 heteroatoms. The first-order valence-corrected chi connectivity index (χ1v) is 9.03. The van der Waals surface area contributed by atoms with Crippen LogP contribution < -0.4 is 0 Å². The Hall–Kier alpha value is -2.29. The van der Waals surface area contributed by atoms with Gasteiger partial charge < -0.3 is 9.80 Å². The number of aryl methyl sites for hydroxylation is 1. The Balaban J connectivity index is 2.12. The Bertz CT molecular complexity index is 677. The van der Waals surface area contributed by atoms with E-state index in [2.05, 4.69) is 62.6 Å². The third-order valence-corrected chi connectivity index (χ3v) is 4.36. The van der Waals surface area contributed by atoms with Crippen LogP contribution in [0.15, 0.2) is 54.6 Å². The highest BCUT2D eigenvalue weighted by Gasteiger charge is 2.22. The summed E-state index contributed by atoms with van der Waals surface area (Å²) in [6.45, 7) is 15.6. The van der Waals surface area contributed by atoms with Crippen LogP contribution in [0.2, 0.25) is 0 Å². The molecular formula is C22H30N2O. The van der Waals surface area contributed by atoms with Crippen LogP contribution in [0, 0.1) is 12.8 Å². The fraction of sp³-hybridized carbons (Fsp3) is 0.409. The average molecular weight is 338 g/mol. The van der Waals surface area contributed by atoms with Crippen LogP contribution in [-0.4, -0.2) is 41.9 Å². The molecule has 0 saturated carbocycles. The predicted molar refractivity (Wildman–Crippen MR) is 106 cm³/mol. The van der Waals surface area contributed by atoms with Crippen molar-refractivity contribution >= 4 is 11.6 Å². The number of allylic oxidation sites excluding steroid dienone is 3. The van der Waals surface area contributed by atoms with Gasteiger partial charge in [0.1, 0.15) is 0 Å². The summed E-state index contributed by atoms with van der Waals surface area (Å²) in [6.07, 6.45) is 5.83. The highest BCUT2D eigenvalue weighted by Crippen LogP contribution is 2.25. The molecule has 0 radical (unpaired) electrons. The normalized spacial score (nSPS) is 16.0. The second-order valence-electron chi connectivity index (χ2n) is 7.11. The van der Waals surface area contributed by atoms with Gasteiger partial charge in [-0.05, 0) is 37.5 Å². The first-order chi connectivity index (χ1) is 11.9. The molecule has 0 bridgehead atoms. The van der Waals surface area contributed by atoms with Crippen LogP contribution in [-0.2, 0) is 4.79 Å². The minimum atomic E-state index is 0.120. The minimum Gasteiger partial charge on any atom is -0.367 e. The molecule has 0 N–H and O–H groups in total. The Kier molecular flexibility index (Phi) is 6.63. The number of hydrogen-bond donors (Lipinski definition) is 0. The largest absolute Gasteiger partial charge is 0.367 e. The number of carbonyl (C=O) groups excluding carboxylic acids is 1. The summed E-state index contributed by atoms with van der Waals surface area (Å²) in [4.78, 5) is 16.6. The maximum absolute atomic E-state index is 12.3. The molecule has 0 aliphatic carbocycles. The van der Waals surface area contributed by atoms with Gasteiger partial charge in [-0.2, -0.15) is 0 Å². The number of carbonyl (C=O) groups is 1. The van der Waals surface area contributed by atoms with Gasteiger partial charge >= 0.3 is 0 Å². The Morgan fingerprint density at radius 2 is 1.72 bits per heavy atom. The molecule has 2 rings (SSSR count). The fourth-order valence-corrected chi connectivity index (χ4v) is 2.98. The van der Waals surface area contributed by atoms with Gasteiger partial charge in [0, 0.05) is 37.4 Å². The zero-order valence-electron chi connectivity index (χ0n) is 16.0. The Morgan fingerprint density at radius 1 is 1.12 bits per heavy atom. The van der Waals surface area contributed by atoms with E-state index in [1.165, 1.54) is 16.8 Å². The van der Waals surface area contributed by atoms with Crippen molar-refractivity contribution in [1.29, 1.82) is 0 Å². The van der Waals surface area contributed by atoms with E-state index in [-0.39, 0.29) is 5.91 Å². The van der Waals surface area contributed by atoms with E-state index in [9.17, 15) is 4.79 Å². The predicted octanol–water partition coefficient (Wildman–Crippen LogP) is 4.27. The molecule has 0 unspecified atom stereocenters. The molecule has 1 amide bonds. The lowest BCUT2D eigenvalue weighted by molar-refractivity contribution is -0.127. The molecule has 0 atom stereocenters. The summed E-state index contributed by atoms with van der Waals surface area (Å²) in [5.74, 6) is 0.520. The summed E-state index contributed by atoms with van der Waals surface area (Å²) < 4.78 is 0. The quantitative estimate of drug-likeness (QED) is 0.591. The van der Waals surface area contributed by atoms with E-state index in [1.54, 1.807) is 6.08 Å². The summed E-state index contributed by atoms with van der Waals surface area (Å²) in [7, 11) is 0. The van der Waals surface area contributed by atoms with E-state index in [0.29, 0.717) is 5.92 Å². The molecule has 1 heterocycles. The van der Waals surface area contributed by atoms with Gasteiger partial charge in [-0.3, -0.25) is 4.79 Å². The van der Waals surface area contributed by atoms with Crippen molar-refractivity contribution in [2.45, 2.75) is 27.7 Å². The molecule has 1 fully saturated rings. The fourth-order valence-electron chi connectivity index (χ4n) is 2.98. The number of nitrogens with zero attached hydrogens (tertiary/aromatic N) is 2. The van der Waals surface area contributed by atoms with Crippen LogP contribution in [0.1, 0.15) is 31.9 Å². The van der Waals surface area contributed by atoms with Crippen molar-refractivity contribution < 1.29 is 4.79 Å². The van der Waals surface area contributed by atoms with E-state index in [4.69, 9.17) is 0 Å². The Morgan fingerprint density at radius 3 is 2.28 bits per heavy atom. The summed E-state index contributed by atoms with van der Waals surface area (Å²) >= 11 is 0. The standard InChI is InChI=1S/C22H30N2O/c1-17(2)10-11-22(25)24-14-12-23(13-15-24)21(16-18(3)4)20-9-7-6-8-19(20)5/h6-11,16-17H,3,12-15H2,1-2,4-5H3/b11-10+,21-16+. The molecule has 1 aliphatic rings. The molecule has 25 heavy (non-hydrogen) atoms. The van der Waals surface area contributed by atoms with Gasteiger partial charge in [0.2, 0.25) is 5.91 Å². The van der Waals surface area contributed by atoms with E-state index < -0.39 is 0 Å². The third kappa shape index (κ3) is 5.35. The number of hydrogen-bond acceptors (Lipinski definition) is 2. The SMILES string of the molecule is C=C(C)/C=C(\c1ccccc1C)N1CCN(C(=O)/C=C/C(C)C)CC1. The molecule has 0 aromatic heterocycles. The summed E-state index contributed by atoms with van der Waals surface area (Å²) in [6, 6.07) is 8.44. The van der Waals surface area contributed by atoms with Gasteiger partial charge in [0.25, 0.3) is 0 Å². The van der Waals surface area contributed by atoms with E-state index >= 15 is 0 Å². The number of rotatable bonds is 5. The third-order valence-electron chi connectivity index (χ3n) is 4.36. The van der Waals surface area contributed by atoms with Gasteiger partial charge in [-0.15, -0.1) is 0 Å². The zero-order valence-corrected chi connectivity index (χ0v) is 16.0. The number of benzene rings is 1. The topological polar surface area (TPSA) is 23.6 Å². The molecule has 0 spiro atoms. The van der Waals surface area contributed by atoms with Crippen molar-refractivity contribution in [2.24, 2.45) is 5.92 Å². The second-order valence-corrected chi connectivity index (χ2v) is 7.11. The highest BCUT2D eigenvalue weighted by atomic mass is 16.2. The number of piperazine rings is 1. The molecule has 134 valence electrons. The van der Waals surface area contributed by atoms with Crippen LogP contribution in [0.3, 0.4) is 0 Å². The monoisotopic (exact) mass is 338 g/mol.